The molecule has 0 N–H and O–H groups in total. The SMILES string of the molecule is CCCCCOc1ccc(C=c2sc3nc(C=Cc4ccccc4)nn3c2=O)cc1. The van der Waals surface area contributed by atoms with Crippen LogP contribution in [-0.2, 0) is 0 Å². The third-order valence-electron chi connectivity index (χ3n) is 4.62. The first-order chi connectivity index (χ1) is 14.7. The molecule has 0 saturated carbocycles. The van der Waals surface area contributed by atoms with Crippen LogP contribution in [0.15, 0.2) is 59.4 Å². The van der Waals surface area contributed by atoms with Gasteiger partial charge in [0, 0.05) is 0 Å². The Bertz CT molecular complexity index is 1240. The summed E-state index contributed by atoms with van der Waals surface area (Å²) in [4.78, 5) is 17.7. The van der Waals surface area contributed by atoms with E-state index in [9.17, 15) is 4.79 Å². The molecule has 0 amide bonds. The molecule has 2 heterocycles. The minimum absolute atomic E-state index is 0.151. The van der Waals surface area contributed by atoms with E-state index in [0.29, 0.717) is 15.3 Å². The van der Waals surface area contributed by atoms with Crippen LogP contribution < -0.4 is 14.8 Å². The molecule has 4 aromatic rings. The lowest BCUT2D eigenvalue weighted by molar-refractivity contribution is 0.306. The molecule has 0 radical (unpaired) electrons. The smallest absolute Gasteiger partial charge is 0.291 e. The minimum atomic E-state index is -0.151. The van der Waals surface area contributed by atoms with Crippen molar-refractivity contribution in [2.75, 3.05) is 6.61 Å². The summed E-state index contributed by atoms with van der Waals surface area (Å²) in [7, 11) is 0. The molecule has 0 fully saturated rings. The Morgan fingerprint density at radius 2 is 1.80 bits per heavy atom. The van der Waals surface area contributed by atoms with Crippen molar-refractivity contribution in [3.8, 4) is 5.75 Å². The molecule has 6 heteroatoms. The van der Waals surface area contributed by atoms with Gasteiger partial charge in [-0.2, -0.15) is 9.50 Å². The van der Waals surface area contributed by atoms with Crippen LogP contribution in [0.1, 0.15) is 43.1 Å². The van der Waals surface area contributed by atoms with Crippen LogP contribution in [0.5, 0.6) is 5.75 Å². The quantitative estimate of drug-likeness (QED) is 0.398. The fourth-order valence-corrected chi connectivity index (χ4v) is 3.92. The summed E-state index contributed by atoms with van der Waals surface area (Å²) in [6, 6.07) is 17.7. The maximum absolute atomic E-state index is 12.7. The molecule has 0 spiro atoms. The molecule has 0 aliphatic rings. The highest BCUT2D eigenvalue weighted by Crippen LogP contribution is 2.14. The van der Waals surface area contributed by atoms with Gasteiger partial charge in [-0.3, -0.25) is 4.79 Å². The van der Waals surface area contributed by atoms with E-state index in [1.807, 2.05) is 72.8 Å². The van der Waals surface area contributed by atoms with Crippen molar-refractivity contribution in [1.82, 2.24) is 14.6 Å². The fourth-order valence-electron chi connectivity index (χ4n) is 3.01. The van der Waals surface area contributed by atoms with Gasteiger partial charge in [0.1, 0.15) is 5.75 Å². The number of hydrogen-bond donors (Lipinski definition) is 0. The van der Waals surface area contributed by atoms with Gasteiger partial charge in [-0.25, -0.2) is 0 Å². The Balaban J connectivity index is 1.50. The lowest BCUT2D eigenvalue weighted by Crippen LogP contribution is -2.23. The number of nitrogens with zero attached hydrogens (tertiary/aromatic N) is 3. The molecule has 2 aromatic heterocycles. The monoisotopic (exact) mass is 417 g/mol. The number of fused-ring (bicyclic) bond motifs is 1. The number of unbranched alkanes of at least 4 members (excludes halogenated alkanes) is 2. The average molecular weight is 418 g/mol. The van der Waals surface area contributed by atoms with Crippen molar-refractivity contribution in [3.05, 3.63) is 86.4 Å². The van der Waals surface area contributed by atoms with E-state index < -0.39 is 0 Å². The number of ether oxygens (including phenoxy) is 1. The van der Waals surface area contributed by atoms with Gasteiger partial charge in [-0.1, -0.05) is 79.6 Å². The van der Waals surface area contributed by atoms with Gasteiger partial charge in [0.2, 0.25) is 4.96 Å². The lowest BCUT2D eigenvalue weighted by Gasteiger charge is -2.05. The van der Waals surface area contributed by atoms with Crippen LogP contribution in [0.3, 0.4) is 0 Å². The minimum Gasteiger partial charge on any atom is -0.494 e. The highest BCUT2D eigenvalue weighted by molar-refractivity contribution is 7.15. The fraction of sp³-hybridized carbons (Fsp3) is 0.208. The topological polar surface area (TPSA) is 56.5 Å². The Morgan fingerprint density at radius 1 is 1.00 bits per heavy atom. The first kappa shape index (κ1) is 20.0. The first-order valence-electron chi connectivity index (χ1n) is 10.1. The van der Waals surface area contributed by atoms with E-state index in [1.54, 1.807) is 0 Å². The van der Waals surface area contributed by atoms with Gasteiger partial charge in [-0.15, -0.1) is 5.10 Å². The van der Waals surface area contributed by atoms with Crippen LogP contribution in [-0.4, -0.2) is 21.2 Å². The molecule has 0 bridgehead atoms. The predicted molar refractivity (Wildman–Crippen MR) is 123 cm³/mol. The molecular weight excluding hydrogens is 394 g/mol. The molecule has 0 aliphatic carbocycles. The van der Waals surface area contributed by atoms with Crippen molar-refractivity contribution in [3.63, 3.8) is 0 Å². The van der Waals surface area contributed by atoms with Crippen LogP contribution >= 0.6 is 11.3 Å². The average Bonchev–Trinajstić information content (AvgIpc) is 3.30. The Kier molecular flexibility index (Phi) is 6.35. The Labute approximate surface area is 179 Å². The zero-order valence-corrected chi connectivity index (χ0v) is 17.6. The van der Waals surface area contributed by atoms with Gasteiger partial charge in [0.05, 0.1) is 11.1 Å². The molecule has 152 valence electrons. The van der Waals surface area contributed by atoms with Crippen LogP contribution in [0, 0.1) is 0 Å². The maximum atomic E-state index is 12.7. The molecule has 5 nitrogen and oxygen atoms in total. The summed E-state index contributed by atoms with van der Waals surface area (Å²) in [6.45, 7) is 2.91. The standard InChI is InChI=1S/C24H23N3O2S/c1-2-3-7-16-29-20-13-10-19(11-14-20)17-21-23(28)27-24(30-21)25-22(26-27)15-12-18-8-5-4-6-9-18/h4-6,8-15,17H,2-3,7,16H2,1H3. The molecule has 0 saturated heterocycles. The summed E-state index contributed by atoms with van der Waals surface area (Å²) in [5.41, 5.74) is 1.85. The van der Waals surface area contributed by atoms with Gasteiger partial charge in [-0.05, 0) is 41.8 Å². The van der Waals surface area contributed by atoms with Crippen molar-refractivity contribution in [2.45, 2.75) is 26.2 Å². The van der Waals surface area contributed by atoms with Crippen molar-refractivity contribution in [2.24, 2.45) is 0 Å². The van der Waals surface area contributed by atoms with Gasteiger partial charge in [0.15, 0.2) is 5.82 Å². The van der Waals surface area contributed by atoms with Crippen LogP contribution in [0.4, 0.5) is 0 Å². The third kappa shape index (κ3) is 4.83. The summed E-state index contributed by atoms with van der Waals surface area (Å²) < 4.78 is 7.72. The van der Waals surface area contributed by atoms with Gasteiger partial charge >= 0.3 is 0 Å². The van der Waals surface area contributed by atoms with E-state index in [0.717, 1.165) is 29.9 Å². The molecule has 2 aromatic carbocycles. The molecular formula is C24H23N3O2S. The van der Waals surface area contributed by atoms with E-state index in [2.05, 4.69) is 17.0 Å². The summed E-state index contributed by atoms with van der Waals surface area (Å²) in [5.74, 6) is 1.38. The number of hydrogen-bond acceptors (Lipinski definition) is 5. The highest BCUT2D eigenvalue weighted by atomic mass is 32.1. The lowest BCUT2D eigenvalue weighted by atomic mass is 10.2. The van der Waals surface area contributed by atoms with E-state index in [1.165, 1.54) is 28.7 Å². The van der Waals surface area contributed by atoms with E-state index in [-0.39, 0.29) is 5.56 Å². The second-order valence-electron chi connectivity index (χ2n) is 6.95. The summed E-state index contributed by atoms with van der Waals surface area (Å²) >= 11 is 1.34. The first-order valence-corrected chi connectivity index (χ1v) is 10.9. The number of benzene rings is 2. The van der Waals surface area contributed by atoms with Crippen LogP contribution in [0.2, 0.25) is 0 Å². The maximum Gasteiger partial charge on any atom is 0.291 e. The zero-order chi connectivity index (χ0) is 20.8. The number of rotatable bonds is 8. The molecule has 30 heavy (non-hydrogen) atoms. The van der Waals surface area contributed by atoms with Gasteiger partial charge in [0.25, 0.3) is 5.56 Å². The predicted octanol–water partition coefficient (Wildman–Crippen LogP) is 4.44. The second kappa shape index (κ2) is 9.50. The zero-order valence-electron chi connectivity index (χ0n) is 16.8. The van der Waals surface area contributed by atoms with Crippen molar-refractivity contribution < 1.29 is 4.74 Å². The van der Waals surface area contributed by atoms with E-state index in [4.69, 9.17) is 4.74 Å². The largest absolute Gasteiger partial charge is 0.494 e. The number of aromatic nitrogens is 3. The van der Waals surface area contributed by atoms with Crippen molar-refractivity contribution in [1.29, 1.82) is 0 Å². The normalized spacial score (nSPS) is 12.2. The summed E-state index contributed by atoms with van der Waals surface area (Å²) in [6.07, 6.45) is 9.03. The second-order valence-corrected chi connectivity index (χ2v) is 7.96. The third-order valence-corrected chi connectivity index (χ3v) is 5.58. The molecule has 0 unspecified atom stereocenters. The Hall–Kier alpha value is -3.25. The van der Waals surface area contributed by atoms with Crippen molar-refractivity contribution >= 4 is 34.5 Å². The van der Waals surface area contributed by atoms with Gasteiger partial charge < -0.3 is 4.74 Å². The molecule has 4 rings (SSSR count). The molecule has 0 aliphatic heterocycles. The molecule has 0 atom stereocenters. The number of thiazole rings is 1. The highest BCUT2D eigenvalue weighted by Gasteiger charge is 2.08. The van der Waals surface area contributed by atoms with Crippen LogP contribution in [0.25, 0.3) is 23.2 Å². The van der Waals surface area contributed by atoms with E-state index >= 15 is 0 Å². The summed E-state index contributed by atoms with van der Waals surface area (Å²) in [5, 5.41) is 4.33. The Morgan fingerprint density at radius 3 is 2.53 bits per heavy atom.